The Morgan fingerprint density at radius 2 is 1.68 bits per heavy atom. The Labute approximate surface area is 225 Å². The minimum Gasteiger partial charge on any atom is -0.507 e. The van der Waals surface area contributed by atoms with Gasteiger partial charge >= 0.3 is 5.97 Å². The molecule has 1 amide bonds. The van der Waals surface area contributed by atoms with Gasteiger partial charge in [-0.3, -0.25) is 19.3 Å². The first-order valence-electron chi connectivity index (χ1n) is 11.8. The van der Waals surface area contributed by atoms with Gasteiger partial charge in [-0.2, -0.15) is 0 Å². The summed E-state index contributed by atoms with van der Waals surface area (Å²) in [5.74, 6) is -1.98. The number of aliphatic hydroxyl groups is 1. The van der Waals surface area contributed by atoms with Crippen LogP contribution in [0.1, 0.15) is 36.6 Å². The molecule has 0 saturated carbocycles. The van der Waals surface area contributed by atoms with Gasteiger partial charge in [0, 0.05) is 18.7 Å². The maximum atomic E-state index is 13.5. The number of esters is 1. The Morgan fingerprint density at radius 3 is 2.29 bits per heavy atom. The van der Waals surface area contributed by atoms with E-state index in [9.17, 15) is 19.5 Å². The number of hydrogen-bond donors (Lipinski definition) is 1. The van der Waals surface area contributed by atoms with Crippen molar-refractivity contribution in [2.24, 2.45) is 0 Å². The molecule has 0 bridgehead atoms. The lowest BCUT2D eigenvalue weighted by molar-refractivity contribution is -0.132. The second-order valence-electron chi connectivity index (χ2n) is 8.54. The van der Waals surface area contributed by atoms with Crippen molar-refractivity contribution in [3.63, 3.8) is 0 Å². The number of methoxy groups -OCH3 is 2. The molecule has 1 heterocycles. The highest BCUT2D eigenvalue weighted by Gasteiger charge is 2.47. The molecule has 0 radical (unpaired) electrons. The molecule has 0 spiro atoms. The summed E-state index contributed by atoms with van der Waals surface area (Å²) in [6.45, 7) is 3.28. The first-order chi connectivity index (χ1) is 18.2. The number of ketones is 1. The summed E-state index contributed by atoms with van der Waals surface area (Å²) in [7, 11) is 2.83. The second-order valence-corrected chi connectivity index (χ2v) is 8.95. The number of ether oxygens (including phenoxy) is 3. The van der Waals surface area contributed by atoms with Gasteiger partial charge in [0.15, 0.2) is 0 Å². The highest BCUT2D eigenvalue weighted by Crippen LogP contribution is 2.45. The number of halogens is 1. The van der Waals surface area contributed by atoms with E-state index in [4.69, 9.17) is 25.8 Å². The summed E-state index contributed by atoms with van der Waals surface area (Å²) in [5, 5.41) is 11.7. The Balaban J connectivity index is 1.97. The number of Topliss-reactive ketones (excluding diaryl/α,β-unsaturated/α-hetero) is 1. The van der Waals surface area contributed by atoms with E-state index in [0.717, 1.165) is 12.0 Å². The van der Waals surface area contributed by atoms with Crippen molar-refractivity contribution in [1.82, 2.24) is 0 Å². The van der Waals surface area contributed by atoms with E-state index in [0.29, 0.717) is 17.0 Å². The molecule has 1 aliphatic rings. The van der Waals surface area contributed by atoms with E-state index in [1.807, 2.05) is 19.1 Å². The van der Waals surface area contributed by atoms with Gasteiger partial charge in [0.25, 0.3) is 11.7 Å². The molecule has 9 heteroatoms. The lowest BCUT2D eigenvalue weighted by atomic mass is 9.94. The van der Waals surface area contributed by atoms with Gasteiger partial charge in [0.05, 0.1) is 36.4 Å². The van der Waals surface area contributed by atoms with Gasteiger partial charge in [-0.1, -0.05) is 42.8 Å². The molecule has 1 fully saturated rings. The van der Waals surface area contributed by atoms with Gasteiger partial charge in [-0.05, 0) is 47.9 Å². The van der Waals surface area contributed by atoms with Crippen LogP contribution >= 0.6 is 11.6 Å². The molecule has 4 rings (SSSR count). The summed E-state index contributed by atoms with van der Waals surface area (Å²) in [5.41, 5.74) is 1.90. The standard InChI is InChI=1S/C29H26ClNO7/c1-5-17-9-11-19(12-10-17)31-26(18-7-6-8-20(13-18)38-16(2)32)25(28(34)29(31)35)27(33)21-14-22(30)24(37-4)15-23(21)36-3/h6-15,26,33H,5H2,1-4H3/b27-25+. The van der Waals surface area contributed by atoms with Gasteiger partial charge in [0.2, 0.25) is 0 Å². The van der Waals surface area contributed by atoms with Crippen molar-refractivity contribution in [2.45, 2.75) is 26.3 Å². The molecular weight excluding hydrogens is 510 g/mol. The largest absolute Gasteiger partial charge is 0.507 e. The van der Waals surface area contributed by atoms with Crippen LogP contribution < -0.4 is 19.1 Å². The number of benzene rings is 3. The number of aliphatic hydroxyl groups excluding tert-OH is 1. The smallest absolute Gasteiger partial charge is 0.308 e. The number of anilines is 1. The second kappa shape index (κ2) is 11.0. The zero-order valence-electron chi connectivity index (χ0n) is 21.3. The third-order valence-electron chi connectivity index (χ3n) is 6.23. The zero-order valence-corrected chi connectivity index (χ0v) is 22.0. The molecule has 38 heavy (non-hydrogen) atoms. The number of rotatable bonds is 7. The molecule has 3 aromatic rings. The minimum atomic E-state index is -1.04. The molecule has 1 atom stereocenters. The predicted octanol–water partition coefficient (Wildman–Crippen LogP) is 5.47. The molecule has 8 nitrogen and oxygen atoms in total. The fraction of sp³-hybridized carbons (Fsp3) is 0.207. The Hall–Kier alpha value is -4.30. The number of carbonyl (C=O) groups is 3. The van der Waals surface area contributed by atoms with Crippen molar-refractivity contribution in [3.05, 3.63) is 87.9 Å². The minimum absolute atomic E-state index is 0.110. The highest BCUT2D eigenvalue weighted by atomic mass is 35.5. The highest BCUT2D eigenvalue weighted by molar-refractivity contribution is 6.51. The number of hydrogen-bond acceptors (Lipinski definition) is 7. The van der Waals surface area contributed by atoms with Crippen LogP contribution in [-0.4, -0.2) is 37.0 Å². The molecule has 3 aromatic carbocycles. The van der Waals surface area contributed by atoms with Crippen LogP contribution in [0, 0.1) is 0 Å². The van der Waals surface area contributed by atoms with Crippen molar-refractivity contribution >= 4 is 40.7 Å². The fourth-order valence-electron chi connectivity index (χ4n) is 4.41. The molecule has 1 saturated heterocycles. The fourth-order valence-corrected chi connectivity index (χ4v) is 4.65. The first-order valence-corrected chi connectivity index (χ1v) is 12.2. The number of amides is 1. The topological polar surface area (TPSA) is 102 Å². The van der Waals surface area contributed by atoms with E-state index in [1.54, 1.807) is 36.4 Å². The van der Waals surface area contributed by atoms with Gasteiger partial charge in [-0.15, -0.1) is 0 Å². The molecule has 1 aliphatic heterocycles. The normalized spacial score (nSPS) is 16.4. The lowest BCUT2D eigenvalue weighted by Crippen LogP contribution is -2.29. The molecular formula is C29H26ClNO7. The Morgan fingerprint density at radius 1 is 1.00 bits per heavy atom. The Bertz CT molecular complexity index is 1450. The quantitative estimate of drug-likeness (QED) is 0.141. The van der Waals surface area contributed by atoms with Crippen molar-refractivity contribution in [2.75, 3.05) is 19.1 Å². The number of carbonyl (C=O) groups excluding carboxylic acids is 3. The van der Waals surface area contributed by atoms with E-state index < -0.39 is 29.5 Å². The zero-order chi connectivity index (χ0) is 27.6. The first kappa shape index (κ1) is 26.8. The lowest BCUT2D eigenvalue weighted by Gasteiger charge is -2.26. The van der Waals surface area contributed by atoms with Crippen LogP contribution in [0.5, 0.6) is 17.2 Å². The number of aryl methyl sites for hydroxylation is 1. The van der Waals surface area contributed by atoms with Crippen LogP contribution in [0.2, 0.25) is 5.02 Å². The molecule has 196 valence electrons. The van der Waals surface area contributed by atoms with Gasteiger partial charge in [0.1, 0.15) is 23.0 Å². The third kappa shape index (κ3) is 4.95. The average molecular weight is 536 g/mol. The van der Waals surface area contributed by atoms with E-state index >= 15 is 0 Å². The van der Waals surface area contributed by atoms with E-state index in [2.05, 4.69) is 0 Å². The maximum absolute atomic E-state index is 13.5. The van der Waals surface area contributed by atoms with Crippen molar-refractivity contribution < 1.29 is 33.7 Å². The average Bonchev–Trinajstić information content (AvgIpc) is 3.18. The van der Waals surface area contributed by atoms with Crippen molar-refractivity contribution in [1.29, 1.82) is 0 Å². The van der Waals surface area contributed by atoms with Crippen LogP contribution in [0.25, 0.3) is 5.76 Å². The van der Waals surface area contributed by atoms with E-state index in [-0.39, 0.29) is 27.7 Å². The Kier molecular flexibility index (Phi) is 7.73. The summed E-state index contributed by atoms with van der Waals surface area (Å²) in [4.78, 5) is 39.8. The third-order valence-corrected chi connectivity index (χ3v) is 6.53. The van der Waals surface area contributed by atoms with Crippen molar-refractivity contribution in [3.8, 4) is 17.2 Å². The predicted molar refractivity (Wildman–Crippen MR) is 143 cm³/mol. The molecule has 0 aliphatic carbocycles. The van der Waals surface area contributed by atoms with Crippen LogP contribution in [0.15, 0.2) is 66.2 Å². The molecule has 1 N–H and O–H groups in total. The van der Waals surface area contributed by atoms with Crippen LogP contribution in [0.4, 0.5) is 5.69 Å². The SMILES string of the molecule is CCc1ccc(N2C(=O)C(=O)/C(=C(/O)c3cc(Cl)c(OC)cc3OC)C2c2cccc(OC(C)=O)c2)cc1. The summed E-state index contributed by atoms with van der Waals surface area (Å²) >= 11 is 6.32. The molecule has 1 unspecified atom stereocenters. The van der Waals surface area contributed by atoms with Crippen LogP contribution in [0.3, 0.4) is 0 Å². The van der Waals surface area contributed by atoms with Crippen LogP contribution in [-0.2, 0) is 20.8 Å². The summed E-state index contributed by atoms with van der Waals surface area (Å²) < 4.78 is 15.9. The number of nitrogens with zero attached hydrogens (tertiary/aromatic N) is 1. The summed E-state index contributed by atoms with van der Waals surface area (Å²) in [6, 6.07) is 15.5. The molecule has 0 aromatic heterocycles. The monoisotopic (exact) mass is 535 g/mol. The van der Waals surface area contributed by atoms with Gasteiger partial charge in [-0.25, -0.2) is 0 Å². The van der Waals surface area contributed by atoms with E-state index in [1.165, 1.54) is 38.2 Å². The van der Waals surface area contributed by atoms with Gasteiger partial charge < -0.3 is 19.3 Å². The maximum Gasteiger partial charge on any atom is 0.308 e. The summed E-state index contributed by atoms with van der Waals surface area (Å²) in [6.07, 6.45) is 0.797.